The minimum absolute atomic E-state index is 0.0823. The van der Waals surface area contributed by atoms with Gasteiger partial charge in [0.1, 0.15) is 0 Å². The Morgan fingerprint density at radius 3 is 2.00 bits per heavy atom. The maximum atomic E-state index is 12.1. The molecule has 0 rings (SSSR count). The number of alkyl halides is 3. The Morgan fingerprint density at radius 1 is 1.21 bits per heavy atom. The van der Waals surface area contributed by atoms with Crippen molar-refractivity contribution in [1.82, 2.24) is 4.90 Å². The highest BCUT2D eigenvalue weighted by Crippen LogP contribution is 2.18. The number of aliphatic hydroxyl groups is 1. The highest BCUT2D eigenvalue weighted by molar-refractivity contribution is 4.69. The zero-order valence-corrected chi connectivity index (χ0v) is 8.80. The van der Waals surface area contributed by atoms with Gasteiger partial charge in [-0.1, -0.05) is 6.92 Å². The largest absolute Gasteiger partial charge is 0.401 e. The van der Waals surface area contributed by atoms with Gasteiger partial charge in [0.25, 0.3) is 0 Å². The zero-order valence-electron chi connectivity index (χ0n) is 8.80. The van der Waals surface area contributed by atoms with Gasteiger partial charge in [0.2, 0.25) is 0 Å². The molecule has 2 nitrogen and oxygen atoms in total. The molecule has 0 bridgehead atoms. The Bertz CT molecular complexity index is 159. The van der Waals surface area contributed by atoms with Crippen LogP contribution < -0.4 is 0 Å². The third-order valence-electron chi connectivity index (χ3n) is 1.97. The van der Waals surface area contributed by atoms with Crippen molar-refractivity contribution in [2.24, 2.45) is 5.92 Å². The SMILES string of the molecule is CC(CO)CN(CC(F)(F)F)C(C)C. The van der Waals surface area contributed by atoms with Crippen LogP contribution in [0.2, 0.25) is 0 Å². The first-order chi connectivity index (χ1) is 6.26. The van der Waals surface area contributed by atoms with Gasteiger partial charge in [0.15, 0.2) is 0 Å². The van der Waals surface area contributed by atoms with Crippen molar-refractivity contribution in [3.05, 3.63) is 0 Å². The van der Waals surface area contributed by atoms with Crippen molar-refractivity contribution in [2.75, 3.05) is 19.7 Å². The third kappa shape index (κ3) is 6.21. The number of hydrogen-bond donors (Lipinski definition) is 1. The van der Waals surface area contributed by atoms with Gasteiger partial charge >= 0.3 is 6.18 Å². The number of halogens is 3. The summed E-state index contributed by atoms with van der Waals surface area (Å²) in [6.45, 7) is 4.45. The first-order valence-electron chi connectivity index (χ1n) is 4.68. The lowest BCUT2D eigenvalue weighted by Crippen LogP contribution is -2.42. The molecule has 0 aromatic rings. The number of aliphatic hydroxyl groups excluding tert-OH is 1. The average molecular weight is 213 g/mol. The second-order valence-electron chi connectivity index (χ2n) is 3.93. The van der Waals surface area contributed by atoms with E-state index >= 15 is 0 Å². The summed E-state index contributed by atoms with van der Waals surface area (Å²) < 4.78 is 36.3. The average Bonchev–Trinajstić information content (AvgIpc) is 2.00. The summed E-state index contributed by atoms with van der Waals surface area (Å²) in [4.78, 5) is 1.32. The van der Waals surface area contributed by atoms with Crippen LogP contribution >= 0.6 is 0 Å². The maximum absolute atomic E-state index is 12.1. The van der Waals surface area contributed by atoms with Crippen LogP contribution in [0.1, 0.15) is 20.8 Å². The summed E-state index contributed by atoms with van der Waals surface area (Å²) in [7, 11) is 0. The molecule has 1 unspecified atom stereocenters. The summed E-state index contributed by atoms with van der Waals surface area (Å²) in [5.74, 6) is -0.125. The molecule has 0 saturated carbocycles. The smallest absolute Gasteiger partial charge is 0.396 e. The van der Waals surface area contributed by atoms with E-state index in [1.54, 1.807) is 20.8 Å². The molecule has 5 heteroatoms. The molecule has 14 heavy (non-hydrogen) atoms. The second kappa shape index (κ2) is 5.56. The Hall–Kier alpha value is -0.290. The topological polar surface area (TPSA) is 23.5 Å². The van der Waals surface area contributed by atoms with Gasteiger partial charge in [-0.05, 0) is 19.8 Å². The zero-order chi connectivity index (χ0) is 11.4. The Labute approximate surface area is 82.7 Å². The van der Waals surface area contributed by atoms with Crippen LogP contribution in [0, 0.1) is 5.92 Å². The third-order valence-corrected chi connectivity index (χ3v) is 1.97. The van der Waals surface area contributed by atoms with E-state index in [1.165, 1.54) is 4.90 Å². The van der Waals surface area contributed by atoms with Crippen LogP contribution in [-0.2, 0) is 0 Å². The second-order valence-corrected chi connectivity index (χ2v) is 3.93. The first kappa shape index (κ1) is 13.7. The van der Waals surface area contributed by atoms with E-state index in [2.05, 4.69) is 0 Å². The Balaban J connectivity index is 4.16. The molecule has 0 saturated heterocycles. The van der Waals surface area contributed by atoms with Gasteiger partial charge < -0.3 is 5.11 Å². The van der Waals surface area contributed by atoms with Gasteiger partial charge in [0.05, 0.1) is 6.54 Å². The van der Waals surface area contributed by atoms with E-state index in [1.807, 2.05) is 0 Å². The van der Waals surface area contributed by atoms with Crippen LogP contribution in [0.4, 0.5) is 13.2 Å². The molecule has 0 fully saturated rings. The molecular weight excluding hydrogens is 195 g/mol. The molecule has 86 valence electrons. The molecule has 0 aromatic carbocycles. The molecule has 0 aliphatic rings. The van der Waals surface area contributed by atoms with Crippen LogP contribution in [0.5, 0.6) is 0 Å². The van der Waals surface area contributed by atoms with Gasteiger partial charge in [-0.15, -0.1) is 0 Å². The number of hydrogen-bond acceptors (Lipinski definition) is 2. The van der Waals surface area contributed by atoms with Crippen molar-refractivity contribution < 1.29 is 18.3 Å². The molecule has 1 N–H and O–H groups in total. The lowest BCUT2D eigenvalue weighted by molar-refractivity contribution is -0.151. The summed E-state index contributed by atoms with van der Waals surface area (Å²) in [6, 6.07) is -0.161. The molecule has 0 heterocycles. The highest BCUT2D eigenvalue weighted by atomic mass is 19.4. The molecule has 0 aromatic heterocycles. The van der Waals surface area contributed by atoms with E-state index in [4.69, 9.17) is 5.11 Å². The van der Waals surface area contributed by atoms with Crippen LogP contribution in [0.15, 0.2) is 0 Å². The van der Waals surface area contributed by atoms with Crippen LogP contribution in [-0.4, -0.2) is 41.9 Å². The summed E-state index contributed by atoms with van der Waals surface area (Å²) in [5.41, 5.74) is 0. The van der Waals surface area contributed by atoms with Gasteiger partial charge in [-0.3, -0.25) is 4.90 Å². The maximum Gasteiger partial charge on any atom is 0.401 e. The minimum atomic E-state index is -4.17. The van der Waals surface area contributed by atoms with E-state index in [0.29, 0.717) is 0 Å². The predicted molar refractivity (Wildman–Crippen MR) is 49.0 cm³/mol. The van der Waals surface area contributed by atoms with Crippen molar-refractivity contribution in [3.63, 3.8) is 0 Å². The monoisotopic (exact) mass is 213 g/mol. The number of nitrogens with zero attached hydrogens (tertiary/aromatic N) is 1. The molecule has 0 aliphatic carbocycles. The molecule has 0 radical (unpaired) electrons. The predicted octanol–water partition coefficient (Wildman–Crippen LogP) is 1.89. The minimum Gasteiger partial charge on any atom is -0.396 e. The summed E-state index contributed by atoms with van der Waals surface area (Å²) in [5, 5.41) is 8.76. The fraction of sp³-hybridized carbons (Fsp3) is 1.00. The molecular formula is C9H18F3NO. The van der Waals surface area contributed by atoms with E-state index in [0.717, 1.165) is 0 Å². The quantitative estimate of drug-likeness (QED) is 0.753. The fourth-order valence-electron chi connectivity index (χ4n) is 1.15. The van der Waals surface area contributed by atoms with E-state index < -0.39 is 12.7 Å². The van der Waals surface area contributed by atoms with E-state index in [-0.39, 0.29) is 25.1 Å². The summed E-state index contributed by atoms with van der Waals surface area (Å²) >= 11 is 0. The van der Waals surface area contributed by atoms with Gasteiger partial charge in [-0.25, -0.2) is 0 Å². The molecule has 0 aliphatic heterocycles. The molecule has 1 atom stereocenters. The van der Waals surface area contributed by atoms with Gasteiger partial charge in [-0.2, -0.15) is 13.2 Å². The molecule has 0 amide bonds. The number of rotatable bonds is 5. The Kier molecular flexibility index (Phi) is 5.44. The highest BCUT2D eigenvalue weighted by Gasteiger charge is 2.32. The summed E-state index contributed by atoms with van der Waals surface area (Å²) in [6.07, 6.45) is -4.17. The lowest BCUT2D eigenvalue weighted by atomic mass is 10.1. The fourth-order valence-corrected chi connectivity index (χ4v) is 1.15. The van der Waals surface area contributed by atoms with Crippen molar-refractivity contribution >= 4 is 0 Å². The van der Waals surface area contributed by atoms with Crippen LogP contribution in [0.25, 0.3) is 0 Å². The van der Waals surface area contributed by atoms with Crippen molar-refractivity contribution in [3.8, 4) is 0 Å². The lowest BCUT2D eigenvalue weighted by Gasteiger charge is -2.29. The van der Waals surface area contributed by atoms with E-state index in [9.17, 15) is 13.2 Å². The standard InChI is InChI=1S/C9H18F3NO/c1-7(2)13(4-8(3)5-14)6-9(10,11)12/h7-8,14H,4-6H2,1-3H3. The van der Waals surface area contributed by atoms with Crippen molar-refractivity contribution in [2.45, 2.75) is 33.0 Å². The van der Waals surface area contributed by atoms with Gasteiger partial charge in [0, 0.05) is 19.2 Å². The Morgan fingerprint density at radius 2 is 1.71 bits per heavy atom. The normalized spacial score (nSPS) is 15.2. The molecule has 0 spiro atoms. The van der Waals surface area contributed by atoms with Crippen molar-refractivity contribution in [1.29, 1.82) is 0 Å². The van der Waals surface area contributed by atoms with Crippen LogP contribution in [0.3, 0.4) is 0 Å². The first-order valence-corrected chi connectivity index (χ1v) is 4.68.